The first-order chi connectivity index (χ1) is 11.9. The van der Waals surface area contributed by atoms with Crippen LogP contribution in [0.2, 0.25) is 0 Å². The van der Waals surface area contributed by atoms with E-state index in [1.54, 1.807) is 6.07 Å². The summed E-state index contributed by atoms with van der Waals surface area (Å²) < 4.78 is 37.0. The minimum atomic E-state index is -2.50. The maximum Gasteiger partial charge on any atom is 0.202 e. The number of anilines is 1. The van der Waals surface area contributed by atoms with Gasteiger partial charge >= 0.3 is 0 Å². The Hall–Kier alpha value is -2.69. The molecule has 1 aliphatic heterocycles. The number of hydrogen-bond acceptors (Lipinski definition) is 8. The molecule has 0 bridgehead atoms. The van der Waals surface area contributed by atoms with Gasteiger partial charge in [-0.2, -0.15) is 0 Å². The lowest BCUT2D eigenvalue weighted by Gasteiger charge is -2.31. The summed E-state index contributed by atoms with van der Waals surface area (Å²) in [7, 11) is -2.50. The number of hydrogen-bond donors (Lipinski definition) is 4. The van der Waals surface area contributed by atoms with Crippen LogP contribution in [0.15, 0.2) is 28.0 Å². The minimum absolute atomic E-state index is 0.0367. The third-order valence-corrected chi connectivity index (χ3v) is 6.19. The summed E-state index contributed by atoms with van der Waals surface area (Å²) in [4.78, 5) is 0. The second-order valence-electron chi connectivity index (χ2n) is 6.14. The first kappa shape index (κ1) is 15.8. The van der Waals surface area contributed by atoms with Crippen molar-refractivity contribution in [2.24, 2.45) is 5.16 Å². The van der Waals surface area contributed by atoms with Crippen molar-refractivity contribution in [3.8, 4) is 0 Å². The highest BCUT2D eigenvalue weighted by molar-refractivity contribution is 7.93. The molecule has 1 aliphatic carbocycles. The normalized spacial score (nSPS) is 27.8. The van der Waals surface area contributed by atoms with Crippen LogP contribution in [0.1, 0.15) is 22.9 Å². The number of amidine groups is 1. The maximum absolute atomic E-state index is 13.4. The molecule has 1 aromatic heterocycles. The molecular formula is C14H15FN6O3S. The molecule has 1 atom stereocenters. The van der Waals surface area contributed by atoms with E-state index in [1.807, 2.05) is 0 Å². The Morgan fingerprint density at radius 2 is 2.24 bits per heavy atom. The lowest BCUT2D eigenvalue weighted by atomic mass is 9.83. The highest BCUT2D eigenvalue weighted by atomic mass is 32.2. The average molecular weight is 366 g/mol. The maximum atomic E-state index is 13.4. The highest BCUT2D eigenvalue weighted by Gasteiger charge is 2.33. The Morgan fingerprint density at radius 1 is 1.44 bits per heavy atom. The molecule has 2 heterocycles. The molecule has 1 fully saturated rings. The van der Waals surface area contributed by atoms with E-state index in [0.717, 1.165) is 11.1 Å². The lowest BCUT2D eigenvalue weighted by Crippen LogP contribution is -2.46. The number of benzene rings is 1. The summed E-state index contributed by atoms with van der Waals surface area (Å²) in [5.74, 6) is 0.372. The summed E-state index contributed by atoms with van der Waals surface area (Å²) in [6.45, 7) is 0. The Labute approximate surface area is 142 Å². The summed E-state index contributed by atoms with van der Waals surface area (Å²) in [6, 6.07) is 4.18. The number of aromatic nitrogens is 2. The van der Waals surface area contributed by atoms with E-state index in [-0.39, 0.29) is 46.8 Å². The minimum Gasteiger partial charge on any atom is -0.409 e. The fourth-order valence-corrected chi connectivity index (χ4v) is 4.40. The van der Waals surface area contributed by atoms with Crippen molar-refractivity contribution >= 4 is 21.4 Å². The molecule has 0 saturated carbocycles. The predicted molar refractivity (Wildman–Crippen MR) is 86.6 cm³/mol. The van der Waals surface area contributed by atoms with E-state index >= 15 is 0 Å². The number of oxime groups is 1. The number of nitrogens with zero attached hydrogens (tertiary/aromatic N) is 3. The van der Waals surface area contributed by atoms with Crippen LogP contribution in [-0.4, -0.2) is 43.1 Å². The van der Waals surface area contributed by atoms with Crippen molar-refractivity contribution in [2.75, 3.05) is 16.8 Å². The summed E-state index contributed by atoms with van der Waals surface area (Å²) >= 11 is 0. The van der Waals surface area contributed by atoms with E-state index < -0.39 is 9.73 Å². The second-order valence-corrected chi connectivity index (χ2v) is 8.43. The van der Waals surface area contributed by atoms with E-state index in [0.29, 0.717) is 6.42 Å². The van der Waals surface area contributed by atoms with Crippen LogP contribution in [-0.2, 0) is 16.1 Å². The van der Waals surface area contributed by atoms with Crippen molar-refractivity contribution in [1.82, 2.24) is 15.6 Å². The van der Waals surface area contributed by atoms with Gasteiger partial charge in [-0.1, -0.05) is 11.2 Å². The Morgan fingerprint density at radius 3 is 2.96 bits per heavy atom. The van der Waals surface area contributed by atoms with Gasteiger partial charge in [-0.15, -0.1) is 0 Å². The average Bonchev–Trinajstić information content (AvgIpc) is 2.97. The van der Waals surface area contributed by atoms with Gasteiger partial charge in [-0.05, 0) is 40.0 Å². The standard InChI is InChI=1S/C14H15FN6O3S/c15-8-2-1-7-3-11(10(7)4-8)18-13(19-22)12-14(21-24-20-12)17-9-5-25(16,23)6-9/h1-2,4,9,11,16,22H,3,5-6H2,(H,17,21)(H,18,19)/t9-,11?,25-. The summed E-state index contributed by atoms with van der Waals surface area (Å²) in [5, 5.41) is 25.9. The molecule has 0 radical (unpaired) electrons. The smallest absolute Gasteiger partial charge is 0.202 e. The number of fused-ring (bicyclic) bond motifs is 1. The fourth-order valence-electron chi connectivity index (χ4n) is 3.03. The van der Waals surface area contributed by atoms with E-state index in [4.69, 9.17) is 9.41 Å². The molecule has 1 unspecified atom stereocenters. The molecule has 1 saturated heterocycles. The zero-order valence-electron chi connectivity index (χ0n) is 12.9. The van der Waals surface area contributed by atoms with Gasteiger partial charge < -0.3 is 15.8 Å². The largest absolute Gasteiger partial charge is 0.409 e. The number of nitrogens with one attached hydrogen (secondary N) is 3. The Bertz CT molecular complexity index is 945. The van der Waals surface area contributed by atoms with E-state index in [2.05, 4.69) is 26.1 Å². The first-order valence-corrected chi connectivity index (χ1v) is 9.45. The van der Waals surface area contributed by atoms with Crippen LogP contribution in [0.25, 0.3) is 0 Å². The van der Waals surface area contributed by atoms with Crippen LogP contribution in [0.3, 0.4) is 0 Å². The quantitative estimate of drug-likeness (QED) is 0.275. The van der Waals surface area contributed by atoms with Crippen LogP contribution in [0.5, 0.6) is 0 Å². The van der Waals surface area contributed by atoms with Crippen molar-refractivity contribution in [3.05, 3.63) is 40.8 Å². The first-order valence-electron chi connectivity index (χ1n) is 7.56. The zero-order valence-corrected chi connectivity index (χ0v) is 13.7. The molecule has 0 amide bonds. The van der Waals surface area contributed by atoms with Crippen molar-refractivity contribution in [1.29, 1.82) is 4.78 Å². The third kappa shape index (κ3) is 2.90. The zero-order chi connectivity index (χ0) is 17.6. The Kier molecular flexibility index (Phi) is 3.60. The van der Waals surface area contributed by atoms with Crippen LogP contribution in [0, 0.1) is 10.6 Å². The van der Waals surface area contributed by atoms with Crippen molar-refractivity contribution in [2.45, 2.75) is 18.5 Å². The van der Waals surface area contributed by atoms with Gasteiger partial charge in [0.15, 0.2) is 11.5 Å². The SMILES string of the molecule is N=[S@]1(=O)C[C@H](Nc2nonc2/C(=N/O)NC2Cc3ccc(F)cc32)C1. The molecule has 132 valence electrons. The van der Waals surface area contributed by atoms with Gasteiger partial charge in [-0.25, -0.2) is 13.2 Å². The second kappa shape index (κ2) is 5.69. The van der Waals surface area contributed by atoms with Gasteiger partial charge in [-0.3, -0.25) is 4.78 Å². The summed E-state index contributed by atoms with van der Waals surface area (Å²) in [6.07, 6.45) is 0.659. The topological polar surface area (TPSA) is 136 Å². The predicted octanol–water partition coefficient (Wildman–Crippen LogP) is 1.07. The molecule has 0 spiro atoms. The molecular weight excluding hydrogens is 351 g/mol. The van der Waals surface area contributed by atoms with Gasteiger partial charge in [0.05, 0.1) is 23.6 Å². The molecule has 11 heteroatoms. The fraction of sp³-hybridized carbons (Fsp3) is 0.357. The van der Waals surface area contributed by atoms with Gasteiger partial charge in [0.25, 0.3) is 0 Å². The number of halogens is 1. The molecule has 4 N–H and O–H groups in total. The number of rotatable bonds is 4. The van der Waals surface area contributed by atoms with Gasteiger partial charge in [0.2, 0.25) is 5.82 Å². The Balaban J connectivity index is 1.49. The monoisotopic (exact) mass is 366 g/mol. The van der Waals surface area contributed by atoms with Crippen molar-refractivity contribution < 1.29 is 18.4 Å². The van der Waals surface area contributed by atoms with Crippen LogP contribution >= 0.6 is 0 Å². The molecule has 1 aromatic carbocycles. The lowest BCUT2D eigenvalue weighted by molar-refractivity contribution is 0.303. The van der Waals surface area contributed by atoms with E-state index in [9.17, 15) is 13.8 Å². The van der Waals surface area contributed by atoms with E-state index in [1.165, 1.54) is 12.1 Å². The molecule has 4 rings (SSSR count). The van der Waals surface area contributed by atoms with Crippen LogP contribution in [0.4, 0.5) is 10.2 Å². The molecule has 9 nitrogen and oxygen atoms in total. The van der Waals surface area contributed by atoms with Gasteiger partial charge in [0, 0.05) is 9.73 Å². The molecule has 2 aliphatic rings. The van der Waals surface area contributed by atoms with Crippen LogP contribution < -0.4 is 10.6 Å². The summed E-state index contributed by atoms with van der Waals surface area (Å²) in [5.41, 5.74) is 1.98. The van der Waals surface area contributed by atoms with Gasteiger partial charge in [0.1, 0.15) is 5.82 Å². The molecule has 2 aromatic rings. The van der Waals surface area contributed by atoms with Crippen molar-refractivity contribution in [3.63, 3.8) is 0 Å². The highest BCUT2D eigenvalue weighted by Crippen LogP contribution is 2.34. The third-order valence-electron chi connectivity index (χ3n) is 4.31. The molecule has 25 heavy (non-hydrogen) atoms.